The Balaban J connectivity index is 2.70. The van der Waals surface area contributed by atoms with Crippen LogP contribution in [-0.2, 0) is 10.2 Å². The van der Waals surface area contributed by atoms with Gasteiger partial charge in [0.2, 0.25) is 5.91 Å². The van der Waals surface area contributed by atoms with Crippen molar-refractivity contribution in [3.05, 3.63) is 11.1 Å². The Bertz CT molecular complexity index is 365. The molecule has 1 N–H and O–H groups in total. The van der Waals surface area contributed by atoms with Crippen LogP contribution in [0.5, 0.6) is 0 Å². The van der Waals surface area contributed by atoms with Gasteiger partial charge in [-0.1, -0.05) is 34.6 Å². The first-order chi connectivity index (χ1) is 7.34. The molecule has 1 unspecified atom stereocenters. The Kier molecular flexibility index (Phi) is 4.08. The number of aromatic nitrogens is 1. The van der Waals surface area contributed by atoms with E-state index < -0.39 is 0 Å². The summed E-state index contributed by atoms with van der Waals surface area (Å²) in [5.74, 6) is 0.0966. The summed E-state index contributed by atoms with van der Waals surface area (Å²) in [6.07, 6.45) is 0.851. The van der Waals surface area contributed by atoms with Gasteiger partial charge in [-0.3, -0.25) is 4.79 Å². The van der Waals surface area contributed by atoms with E-state index in [1.807, 2.05) is 19.2 Å². The molecule has 16 heavy (non-hydrogen) atoms. The molecule has 0 aliphatic rings. The van der Waals surface area contributed by atoms with Gasteiger partial charge in [-0.15, -0.1) is 11.3 Å². The fourth-order valence-corrected chi connectivity index (χ4v) is 2.03. The zero-order valence-corrected chi connectivity index (χ0v) is 11.4. The summed E-state index contributed by atoms with van der Waals surface area (Å²) >= 11 is 1.49. The van der Waals surface area contributed by atoms with E-state index in [1.54, 1.807) is 0 Å². The molecule has 0 saturated carbocycles. The number of amides is 1. The summed E-state index contributed by atoms with van der Waals surface area (Å²) in [6.45, 7) is 10.3. The van der Waals surface area contributed by atoms with Crippen molar-refractivity contribution in [2.45, 2.75) is 46.5 Å². The number of hydrogen-bond acceptors (Lipinski definition) is 3. The monoisotopic (exact) mass is 240 g/mol. The standard InChI is InChI=1S/C12H20N2OS/c1-6-8(2)10(15)14-11-13-9(7-16-11)12(3,4)5/h7-8H,6H2,1-5H3,(H,13,14,15). The van der Waals surface area contributed by atoms with Crippen molar-refractivity contribution in [3.8, 4) is 0 Å². The number of rotatable bonds is 3. The van der Waals surface area contributed by atoms with Crippen molar-refractivity contribution in [2.75, 3.05) is 5.32 Å². The number of thiazole rings is 1. The molecule has 0 aliphatic heterocycles. The third kappa shape index (κ3) is 3.30. The van der Waals surface area contributed by atoms with Gasteiger partial charge in [0.05, 0.1) is 5.69 Å². The van der Waals surface area contributed by atoms with Crippen LogP contribution in [0, 0.1) is 5.92 Å². The van der Waals surface area contributed by atoms with Crippen LogP contribution < -0.4 is 5.32 Å². The van der Waals surface area contributed by atoms with Gasteiger partial charge in [-0.25, -0.2) is 4.98 Å². The molecule has 0 spiro atoms. The van der Waals surface area contributed by atoms with E-state index in [-0.39, 0.29) is 17.2 Å². The zero-order chi connectivity index (χ0) is 12.3. The van der Waals surface area contributed by atoms with Crippen LogP contribution in [0.3, 0.4) is 0 Å². The first kappa shape index (κ1) is 13.2. The van der Waals surface area contributed by atoms with Crippen LogP contribution in [0.4, 0.5) is 5.13 Å². The predicted octanol–water partition coefficient (Wildman–Crippen LogP) is 3.43. The lowest BCUT2D eigenvalue weighted by Gasteiger charge is -2.14. The van der Waals surface area contributed by atoms with Gasteiger partial charge in [-0.05, 0) is 6.42 Å². The number of hydrogen-bond donors (Lipinski definition) is 1. The van der Waals surface area contributed by atoms with Gasteiger partial charge in [0, 0.05) is 16.7 Å². The maximum absolute atomic E-state index is 11.7. The SMILES string of the molecule is CCC(C)C(=O)Nc1nc(C(C)(C)C)cs1. The average molecular weight is 240 g/mol. The van der Waals surface area contributed by atoms with E-state index >= 15 is 0 Å². The summed E-state index contributed by atoms with van der Waals surface area (Å²) in [5.41, 5.74) is 1.06. The molecule has 1 aromatic heterocycles. The molecule has 4 heteroatoms. The van der Waals surface area contributed by atoms with E-state index in [2.05, 4.69) is 31.1 Å². The van der Waals surface area contributed by atoms with Gasteiger partial charge < -0.3 is 5.32 Å². The summed E-state index contributed by atoms with van der Waals surface area (Å²) in [4.78, 5) is 16.1. The first-order valence-electron chi connectivity index (χ1n) is 5.61. The number of anilines is 1. The molecule has 0 fully saturated rings. The smallest absolute Gasteiger partial charge is 0.228 e. The van der Waals surface area contributed by atoms with E-state index in [0.29, 0.717) is 5.13 Å². The topological polar surface area (TPSA) is 42.0 Å². The molecule has 0 radical (unpaired) electrons. The lowest BCUT2D eigenvalue weighted by molar-refractivity contribution is -0.119. The molecular weight excluding hydrogens is 220 g/mol. The lowest BCUT2D eigenvalue weighted by Crippen LogP contribution is -2.20. The molecule has 1 rings (SSSR count). The molecular formula is C12H20N2OS. The Morgan fingerprint density at radius 3 is 2.62 bits per heavy atom. The molecule has 1 atom stereocenters. The third-order valence-corrected chi connectivity index (χ3v) is 3.32. The van der Waals surface area contributed by atoms with Gasteiger partial charge in [0.25, 0.3) is 0 Å². The highest BCUT2D eigenvalue weighted by molar-refractivity contribution is 7.13. The van der Waals surface area contributed by atoms with Gasteiger partial charge >= 0.3 is 0 Å². The van der Waals surface area contributed by atoms with Gasteiger partial charge in [0.1, 0.15) is 0 Å². The van der Waals surface area contributed by atoms with Crippen molar-refractivity contribution in [1.29, 1.82) is 0 Å². The van der Waals surface area contributed by atoms with E-state index in [1.165, 1.54) is 11.3 Å². The largest absolute Gasteiger partial charge is 0.302 e. The van der Waals surface area contributed by atoms with E-state index in [4.69, 9.17) is 0 Å². The summed E-state index contributed by atoms with van der Waals surface area (Å²) in [6, 6.07) is 0. The molecule has 0 aromatic carbocycles. The number of nitrogens with zero attached hydrogens (tertiary/aromatic N) is 1. The molecule has 0 bridgehead atoms. The molecule has 1 heterocycles. The Hall–Kier alpha value is -0.900. The number of carbonyl (C=O) groups excluding carboxylic acids is 1. The second kappa shape index (κ2) is 4.95. The third-order valence-electron chi connectivity index (χ3n) is 2.56. The fraction of sp³-hybridized carbons (Fsp3) is 0.667. The minimum absolute atomic E-state index is 0.0375. The van der Waals surface area contributed by atoms with Crippen LogP contribution in [-0.4, -0.2) is 10.9 Å². The Morgan fingerprint density at radius 1 is 1.56 bits per heavy atom. The van der Waals surface area contributed by atoms with Crippen molar-refractivity contribution >= 4 is 22.4 Å². The Labute approximate surface area is 101 Å². The van der Waals surface area contributed by atoms with Crippen LogP contribution in [0.15, 0.2) is 5.38 Å². The van der Waals surface area contributed by atoms with Crippen molar-refractivity contribution < 1.29 is 4.79 Å². The zero-order valence-electron chi connectivity index (χ0n) is 10.6. The van der Waals surface area contributed by atoms with Crippen LogP contribution in [0.2, 0.25) is 0 Å². The maximum Gasteiger partial charge on any atom is 0.228 e. The Morgan fingerprint density at radius 2 is 2.19 bits per heavy atom. The predicted molar refractivity (Wildman–Crippen MR) is 68.9 cm³/mol. The van der Waals surface area contributed by atoms with Crippen LogP contribution >= 0.6 is 11.3 Å². The molecule has 3 nitrogen and oxygen atoms in total. The van der Waals surface area contributed by atoms with Crippen molar-refractivity contribution in [1.82, 2.24) is 4.98 Å². The minimum Gasteiger partial charge on any atom is -0.302 e. The number of carbonyl (C=O) groups is 1. The molecule has 0 saturated heterocycles. The highest BCUT2D eigenvalue weighted by Crippen LogP contribution is 2.26. The molecule has 1 amide bonds. The first-order valence-corrected chi connectivity index (χ1v) is 6.49. The van der Waals surface area contributed by atoms with E-state index in [0.717, 1.165) is 12.1 Å². The van der Waals surface area contributed by atoms with Crippen molar-refractivity contribution in [2.24, 2.45) is 5.92 Å². The summed E-state index contributed by atoms with van der Waals surface area (Å²) < 4.78 is 0. The van der Waals surface area contributed by atoms with Crippen LogP contribution in [0.25, 0.3) is 0 Å². The molecule has 0 aliphatic carbocycles. The average Bonchev–Trinajstić information content (AvgIpc) is 2.64. The quantitative estimate of drug-likeness (QED) is 0.879. The molecule has 1 aromatic rings. The minimum atomic E-state index is 0.0375. The second-order valence-corrected chi connectivity index (χ2v) is 5.94. The van der Waals surface area contributed by atoms with E-state index in [9.17, 15) is 4.79 Å². The molecule has 90 valence electrons. The highest BCUT2D eigenvalue weighted by Gasteiger charge is 2.19. The normalized spacial score (nSPS) is 13.6. The number of nitrogens with one attached hydrogen (secondary N) is 1. The van der Waals surface area contributed by atoms with Gasteiger partial charge in [-0.2, -0.15) is 0 Å². The summed E-state index contributed by atoms with van der Waals surface area (Å²) in [5, 5.41) is 5.56. The van der Waals surface area contributed by atoms with Gasteiger partial charge in [0.15, 0.2) is 5.13 Å². The van der Waals surface area contributed by atoms with Crippen LogP contribution in [0.1, 0.15) is 46.7 Å². The maximum atomic E-state index is 11.7. The fourth-order valence-electron chi connectivity index (χ4n) is 1.09. The highest BCUT2D eigenvalue weighted by atomic mass is 32.1. The second-order valence-electron chi connectivity index (χ2n) is 5.09. The lowest BCUT2D eigenvalue weighted by atomic mass is 9.93. The van der Waals surface area contributed by atoms with Crippen molar-refractivity contribution in [3.63, 3.8) is 0 Å². The summed E-state index contributed by atoms with van der Waals surface area (Å²) in [7, 11) is 0.